The molecule has 2 aromatic carbocycles. The van der Waals surface area contributed by atoms with Gasteiger partial charge in [-0.15, -0.1) is 0 Å². The summed E-state index contributed by atoms with van der Waals surface area (Å²) in [6.45, 7) is 5.52. The van der Waals surface area contributed by atoms with Crippen LogP contribution in [0.3, 0.4) is 0 Å². The highest BCUT2D eigenvalue weighted by Gasteiger charge is 2.22. The predicted octanol–water partition coefficient (Wildman–Crippen LogP) is 3.34. The van der Waals surface area contributed by atoms with Gasteiger partial charge in [-0.2, -0.15) is 0 Å². The Labute approximate surface area is 154 Å². The van der Waals surface area contributed by atoms with E-state index in [1.165, 1.54) is 5.56 Å². The highest BCUT2D eigenvalue weighted by atomic mass is 35.5. The normalized spacial score (nSPS) is 15.9. The second-order valence-corrected chi connectivity index (χ2v) is 6.74. The van der Waals surface area contributed by atoms with Crippen molar-refractivity contribution in [1.29, 1.82) is 0 Å². The molecule has 25 heavy (non-hydrogen) atoms. The molecule has 0 radical (unpaired) electrons. The van der Waals surface area contributed by atoms with E-state index in [1.54, 1.807) is 0 Å². The van der Waals surface area contributed by atoms with Gasteiger partial charge < -0.3 is 15.1 Å². The topological polar surface area (TPSA) is 35.6 Å². The molecule has 1 aliphatic heterocycles. The summed E-state index contributed by atoms with van der Waals surface area (Å²) in [4.78, 5) is 16.6. The summed E-state index contributed by atoms with van der Waals surface area (Å²) >= 11 is 6.27. The van der Waals surface area contributed by atoms with Crippen LogP contribution >= 0.6 is 11.6 Å². The van der Waals surface area contributed by atoms with Gasteiger partial charge in [0.2, 0.25) is 5.91 Å². The largest absolute Gasteiger partial charge is 0.367 e. The zero-order chi connectivity index (χ0) is 17.6. The molecule has 2 aromatic rings. The monoisotopic (exact) mass is 357 g/mol. The lowest BCUT2D eigenvalue weighted by molar-refractivity contribution is -0.130. The van der Waals surface area contributed by atoms with Crippen molar-refractivity contribution in [3.05, 3.63) is 65.2 Å². The second-order valence-electron chi connectivity index (χ2n) is 6.33. The van der Waals surface area contributed by atoms with E-state index in [0.29, 0.717) is 6.54 Å². The fourth-order valence-corrected chi connectivity index (χ4v) is 3.37. The minimum Gasteiger partial charge on any atom is -0.367 e. The smallest absolute Gasteiger partial charge is 0.236 e. The van der Waals surface area contributed by atoms with Crippen LogP contribution in [0.2, 0.25) is 5.02 Å². The zero-order valence-corrected chi connectivity index (χ0v) is 15.2. The first-order valence-corrected chi connectivity index (χ1v) is 9.08. The maximum Gasteiger partial charge on any atom is 0.236 e. The minimum atomic E-state index is 0.154. The van der Waals surface area contributed by atoms with Crippen LogP contribution in [-0.4, -0.2) is 43.5 Å². The van der Waals surface area contributed by atoms with Crippen molar-refractivity contribution in [2.24, 2.45) is 0 Å². The fraction of sp³-hybridized carbons (Fsp3) is 0.350. The fourth-order valence-electron chi connectivity index (χ4n) is 3.12. The average molecular weight is 358 g/mol. The molecule has 4 nitrogen and oxygen atoms in total. The Morgan fingerprint density at radius 2 is 1.68 bits per heavy atom. The third kappa shape index (κ3) is 4.53. The summed E-state index contributed by atoms with van der Waals surface area (Å²) in [5, 5.41) is 4.09. The molecule has 1 atom stereocenters. The first kappa shape index (κ1) is 17.8. The van der Waals surface area contributed by atoms with Gasteiger partial charge in [-0.3, -0.25) is 4.79 Å². The molecule has 0 aliphatic carbocycles. The maximum atomic E-state index is 12.5. The quantitative estimate of drug-likeness (QED) is 0.891. The van der Waals surface area contributed by atoms with Crippen LogP contribution in [0.5, 0.6) is 0 Å². The third-order valence-electron chi connectivity index (χ3n) is 4.68. The second kappa shape index (κ2) is 8.37. The first-order valence-electron chi connectivity index (χ1n) is 8.71. The highest BCUT2D eigenvalue weighted by Crippen LogP contribution is 2.26. The van der Waals surface area contributed by atoms with Crippen LogP contribution in [0.25, 0.3) is 0 Å². The van der Waals surface area contributed by atoms with E-state index >= 15 is 0 Å². The zero-order valence-electron chi connectivity index (χ0n) is 14.5. The van der Waals surface area contributed by atoms with Crippen LogP contribution in [0.4, 0.5) is 5.69 Å². The Bertz CT molecular complexity index is 699. The number of nitrogens with one attached hydrogen (secondary N) is 1. The molecule has 0 unspecified atom stereocenters. The Morgan fingerprint density at radius 3 is 2.36 bits per heavy atom. The average Bonchev–Trinajstić information content (AvgIpc) is 2.67. The van der Waals surface area contributed by atoms with Crippen LogP contribution in [0.15, 0.2) is 54.6 Å². The molecule has 1 heterocycles. The summed E-state index contributed by atoms with van der Waals surface area (Å²) in [7, 11) is 0. The summed E-state index contributed by atoms with van der Waals surface area (Å²) in [6.07, 6.45) is 0. The highest BCUT2D eigenvalue weighted by molar-refractivity contribution is 6.33. The number of para-hydroxylation sites is 1. The van der Waals surface area contributed by atoms with E-state index < -0.39 is 0 Å². The van der Waals surface area contributed by atoms with Gasteiger partial charge in [0.1, 0.15) is 0 Å². The number of piperazine rings is 1. The summed E-state index contributed by atoms with van der Waals surface area (Å²) < 4.78 is 0. The third-order valence-corrected chi connectivity index (χ3v) is 5.00. The van der Waals surface area contributed by atoms with Crippen molar-refractivity contribution >= 4 is 23.2 Å². The van der Waals surface area contributed by atoms with Crippen molar-refractivity contribution in [2.75, 3.05) is 37.6 Å². The van der Waals surface area contributed by atoms with Crippen molar-refractivity contribution in [1.82, 2.24) is 10.2 Å². The molecule has 1 N–H and O–H groups in total. The molecule has 1 aliphatic rings. The number of halogens is 1. The molecular formula is C20H24ClN3O. The Morgan fingerprint density at radius 1 is 1.04 bits per heavy atom. The minimum absolute atomic E-state index is 0.154. The van der Waals surface area contributed by atoms with E-state index in [9.17, 15) is 4.79 Å². The molecule has 3 rings (SSSR count). The predicted molar refractivity (Wildman–Crippen MR) is 103 cm³/mol. The van der Waals surface area contributed by atoms with Gasteiger partial charge in [-0.1, -0.05) is 54.1 Å². The Balaban J connectivity index is 1.48. The number of anilines is 1. The molecule has 132 valence electrons. The van der Waals surface area contributed by atoms with Gasteiger partial charge in [-0.25, -0.2) is 0 Å². The summed E-state index contributed by atoms with van der Waals surface area (Å²) in [5.74, 6) is 0.154. The van der Waals surface area contributed by atoms with Crippen molar-refractivity contribution < 1.29 is 4.79 Å². The number of nitrogens with zero attached hydrogens (tertiary/aromatic N) is 2. The molecule has 1 fully saturated rings. The van der Waals surface area contributed by atoms with E-state index in [4.69, 9.17) is 11.6 Å². The van der Waals surface area contributed by atoms with Crippen LogP contribution in [-0.2, 0) is 4.79 Å². The van der Waals surface area contributed by atoms with Crippen molar-refractivity contribution in [2.45, 2.75) is 13.0 Å². The lowest BCUT2D eigenvalue weighted by atomic mass is 10.1. The van der Waals surface area contributed by atoms with Gasteiger partial charge in [0.15, 0.2) is 0 Å². The molecular weight excluding hydrogens is 334 g/mol. The summed E-state index contributed by atoms with van der Waals surface area (Å²) in [5.41, 5.74) is 2.24. The van der Waals surface area contributed by atoms with E-state index in [-0.39, 0.29) is 11.9 Å². The van der Waals surface area contributed by atoms with Gasteiger partial charge in [0.05, 0.1) is 17.3 Å². The standard InChI is InChI=1S/C20H24ClN3O/c1-16(17-7-3-2-4-8-17)22-15-20(25)24-13-11-23(12-14-24)19-10-6-5-9-18(19)21/h2-10,16,22H,11-15H2,1H3/t16-/m1/s1. The van der Waals surface area contributed by atoms with Crippen LogP contribution < -0.4 is 10.2 Å². The van der Waals surface area contributed by atoms with Gasteiger partial charge in [-0.05, 0) is 24.6 Å². The van der Waals surface area contributed by atoms with Crippen molar-refractivity contribution in [3.63, 3.8) is 0 Å². The molecule has 1 amide bonds. The summed E-state index contributed by atoms with van der Waals surface area (Å²) in [6, 6.07) is 18.2. The molecule has 0 aromatic heterocycles. The van der Waals surface area contributed by atoms with Crippen molar-refractivity contribution in [3.8, 4) is 0 Å². The number of carbonyl (C=O) groups excluding carboxylic acids is 1. The van der Waals surface area contributed by atoms with Crippen LogP contribution in [0.1, 0.15) is 18.5 Å². The van der Waals surface area contributed by atoms with Crippen LogP contribution in [0, 0.1) is 0 Å². The van der Waals surface area contributed by atoms with Gasteiger partial charge in [0, 0.05) is 32.2 Å². The van der Waals surface area contributed by atoms with Gasteiger partial charge in [0.25, 0.3) is 0 Å². The van der Waals surface area contributed by atoms with E-state index in [1.807, 2.05) is 47.4 Å². The number of hydrogen-bond acceptors (Lipinski definition) is 3. The molecule has 0 saturated carbocycles. The molecule has 1 saturated heterocycles. The molecule has 0 bridgehead atoms. The van der Waals surface area contributed by atoms with E-state index in [2.05, 4.69) is 29.3 Å². The lowest BCUT2D eigenvalue weighted by Gasteiger charge is -2.36. The van der Waals surface area contributed by atoms with Gasteiger partial charge >= 0.3 is 0 Å². The first-order chi connectivity index (χ1) is 12.1. The number of amides is 1. The maximum absolute atomic E-state index is 12.5. The molecule has 5 heteroatoms. The SMILES string of the molecule is C[C@@H](NCC(=O)N1CCN(c2ccccc2Cl)CC1)c1ccccc1. The van der Waals surface area contributed by atoms with E-state index in [0.717, 1.165) is 36.9 Å². The lowest BCUT2D eigenvalue weighted by Crippen LogP contribution is -2.51. The number of hydrogen-bond donors (Lipinski definition) is 1. The number of benzene rings is 2. The number of carbonyl (C=O) groups is 1. The Hall–Kier alpha value is -2.04. The molecule has 0 spiro atoms. The number of rotatable bonds is 5. The Kier molecular flexibility index (Phi) is 5.95.